The Bertz CT molecular complexity index is 1040. The summed E-state index contributed by atoms with van der Waals surface area (Å²) in [5.41, 5.74) is 4.43. The number of hydrogen-bond acceptors (Lipinski definition) is 9. The summed E-state index contributed by atoms with van der Waals surface area (Å²) in [6.07, 6.45) is -4.64. The number of nitrogen functional groups attached to an aromatic ring is 1. The third-order valence-electron chi connectivity index (χ3n) is 4.25. The zero-order chi connectivity index (χ0) is 24.8. The van der Waals surface area contributed by atoms with Crippen molar-refractivity contribution in [3.05, 3.63) is 29.3 Å². The Morgan fingerprint density at radius 2 is 1.97 bits per heavy atom. The summed E-state index contributed by atoms with van der Waals surface area (Å²) in [6, 6.07) is 3.80. The van der Waals surface area contributed by atoms with E-state index in [-0.39, 0.29) is 48.7 Å². The number of ether oxygens (including phenoxy) is 2. The SMILES string of the molecule is C.COc1nc(N)nc(N[C@@H](C)C(=O)Nc2cc(OCCN(C)C)cc(C(F)(F)F)c2)c1C#N. The van der Waals surface area contributed by atoms with Crippen molar-refractivity contribution in [3.8, 4) is 17.7 Å². The van der Waals surface area contributed by atoms with E-state index in [1.807, 2.05) is 11.0 Å². The summed E-state index contributed by atoms with van der Waals surface area (Å²) in [5, 5.41) is 14.4. The van der Waals surface area contributed by atoms with E-state index < -0.39 is 23.7 Å². The zero-order valence-electron chi connectivity index (χ0n) is 18.4. The second kappa shape index (κ2) is 11.9. The largest absolute Gasteiger partial charge is 0.492 e. The highest BCUT2D eigenvalue weighted by Crippen LogP contribution is 2.34. The Kier molecular flexibility index (Phi) is 9.88. The lowest BCUT2D eigenvalue weighted by Gasteiger charge is -2.18. The Balaban J connectivity index is 0.00000578. The van der Waals surface area contributed by atoms with Gasteiger partial charge in [-0.2, -0.15) is 28.4 Å². The van der Waals surface area contributed by atoms with Crippen molar-refractivity contribution in [2.75, 3.05) is 50.7 Å². The van der Waals surface area contributed by atoms with E-state index in [1.54, 1.807) is 14.1 Å². The van der Waals surface area contributed by atoms with Crippen molar-refractivity contribution in [2.24, 2.45) is 0 Å². The predicted molar refractivity (Wildman–Crippen MR) is 122 cm³/mol. The number of halogens is 3. The molecule has 0 unspecified atom stereocenters. The molecule has 0 aliphatic heterocycles. The number of amides is 1. The van der Waals surface area contributed by atoms with E-state index in [2.05, 4.69) is 20.6 Å². The van der Waals surface area contributed by atoms with Crippen molar-refractivity contribution < 1.29 is 27.4 Å². The van der Waals surface area contributed by atoms with Gasteiger partial charge in [-0.15, -0.1) is 0 Å². The zero-order valence-corrected chi connectivity index (χ0v) is 18.4. The molecule has 1 aromatic heterocycles. The molecule has 0 aliphatic carbocycles. The number of alkyl halides is 3. The van der Waals surface area contributed by atoms with Crippen LogP contribution in [0.25, 0.3) is 0 Å². The van der Waals surface area contributed by atoms with Crippen molar-refractivity contribution >= 4 is 23.4 Å². The average molecular weight is 483 g/mol. The van der Waals surface area contributed by atoms with Gasteiger partial charge in [-0.3, -0.25) is 4.79 Å². The Morgan fingerprint density at radius 1 is 1.29 bits per heavy atom. The summed E-state index contributed by atoms with van der Waals surface area (Å²) in [5.74, 6) is -1.06. The minimum Gasteiger partial charge on any atom is -0.492 e. The van der Waals surface area contributed by atoms with Crippen LogP contribution in [-0.2, 0) is 11.0 Å². The van der Waals surface area contributed by atoms with Gasteiger partial charge in [0.2, 0.25) is 17.7 Å². The van der Waals surface area contributed by atoms with E-state index in [0.29, 0.717) is 6.54 Å². The molecule has 0 aliphatic rings. The van der Waals surface area contributed by atoms with Crippen molar-refractivity contribution in [1.29, 1.82) is 5.26 Å². The second-order valence-electron chi connectivity index (χ2n) is 7.18. The topological polar surface area (TPSA) is 138 Å². The lowest BCUT2D eigenvalue weighted by molar-refractivity contribution is -0.137. The van der Waals surface area contributed by atoms with Crippen LogP contribution in [0.2, 0.25) is 0 Å². The van der Waals surface area contributed by atoms with E-state index in [9.17, 15) is 23.2 Å². The van der Waals surface area contributed by atoms with Gasteiger partial charge < -0.3 is 30.7 Å². The van der Waals surface area contributed by atoms with Gasteiger partial charge in [-0.25, -0.2) is 0 Å². The monoisotopic (exact) mass is 483 g/mol. The number of rotatable bonds is 9. The maximum atomic E-state index is 13.3. The van der Waals surface area contributed by atoms with Gasteiger partial charge in [0.25, 0.3) is 0 Å². The normalized spacial score (nSPS) is 11.7. The Morgan fingerprint density at radius 3 is 2.53 bits per heavy atom. The first-order valence-corrected chi connectivity index (χ1v) is 9.63. The average Bonchev–Trinajstić information content (AvgIpc) is 2.72. The van der Waals surface area contributed by atoms with Gasteiger partial charge >= 0.3 is 6.18 Å². The smallest absolute Gasteiger partial charge is 0.416 e. The number of likely N-dealkylation sites (N-methyl/N-ethyl adjacent to an activating group) is 1. The number of carbonyl (C=O) groups excluding carboxylic acids is 1. The highest BCUT2D eigenvalue weighted by Gasteiger charge is 2.32. The molecule has 1 amide bonds. The highest BCUT2D eigenvalue weighted by atomic mass is 19.4. The van der Waals surface area contributed by atoms with Crippen molar-refractivity contribution in [1.82, 2.24) is 14.9 Å². The summed E-state index contributed by atoms with van der Waals surface area (Å²) in [4.78, 5) is 22.1. The molecule has 2 rings (SSSR count). The maximum absolute atomic E-state index is 13.3. The van der Waals surface area contributed by atoms with E-state index in [4.69, 9.17) is 15.2 Å². The molecule has 1 aromatic carbocycles. The summed E-state index contributed by atoms with van der Waals surface area (Å²) >= 11 is 0. The number of aromatic nitrogens is 2. The lowest BCUT2D eigenvalue weighted by Crippen LogP contribution is -2.32. The number of nitrogens with zero attached hydrogens (tertiary/aromatic N) is 4. The lowest BCUT2D eigenvalue weighted by atomic mass is 10.1. The molecule has 0 saturated heterocycles. The summed E-state index contributed by atoms with van der Waals surface area (Å²) in [6.45, 7) is 2.09. The molecule has 0 spiro atoms. The van der Waals surface area contributed by atoms with E-state index in [0.717, 1.165) is 12.1 Å². The summed E-state index contributed by atoms with van der Waals surface area (Å²) < 4.78 is 50.3. The molecule has 0 fully saturated rings. The number of hydrogen-bond donors (Lipinski definition) is 3. The molecule has 13 heteroatoms. The molecule has 2 aromatic rings. The number of nitrogens with one attached hydrogen (secondary N) is 2. The van der Waals surface area contributed by atoms with Crippen LogP contribution in [0.1, 0.15) is 25.5 Å². The van der Waals surface area contributed by atoms with Crippen LogP contribution < -0.4 is 25.8 Å². The Labute approximate surface area is 195 Å². The van der Waals surface area contributed by atoms with E-state index >= 15 is 0 Å². The van der Waals surface area contributed by atoms with Crippen LogP contribution in [0.4, 0.5) is 30.6 Å². The first-order valence-electron chi connectivity index (χ1n) is 9.63. The molecular formula is C21H28F3N7O3. The minimum atomic E-state index is -4.64. The molecule has 0 saturated carbocycles. The number of benzene rings is 1. The van der Waals surface area contributed by atoms with Crippen molar-refractivity contribution in [2.45, 2.75) is 26.6 Å². The van der Waals surface area contributed by atoms with Gasteiger partial charge in [-0.05, 0) is 33.2 Å². The minimum absolute atomic E-state index is 0. The molecule has 4 N–H and O–H groups in total. The van der Waals surface area contributed by atoms with Gasteiger partial charge in [-0.1, -0.05) is 7.43 Å². The van der Waals surface area contributed by atoms with Crippen LogP contribution >= 0.6 is 0 Å². The van der Waals surface area contributed by atoms with Crippen LogP contribution in [0, 0.1) is 11.3 Å². The van der Waals surface area contributed by atoms with Crippen LogP contribution in [0.15, 0.2) is 18.2 Å². The highest BCUT2D eigenvalue weighted by molar-refractivity contribution is 5.96. The summed E-state index contributed by atoms with van der Waals surface area (Å²) in [7, 11) is 4.89. The fraction of sp³-hybridized carbons (Fsp3) is 0.429. The fourth-order valence-corrected chi connectivity index (χ4v) is 2.60. The van der Waals surface area contributed by atoms with Gasteiger partial charge in [0.15, 0.2) is 11.4 Å². The first kappa shape index (κ1) is 28.2. The predicted octanol–water partition coefficient (Wildman–Crippen LogP) is 2.97. The molecule has 10 nitrogen and oxygen atoms in total. The number of methoxy groups -OCH3 is 1. The third-order valence-corrected chi connectivity index (χ3v) is 4.25. The van der Waals surface area contributed by atoms with E-state index in [1.165, 1.54) is 20.1 Å². The molecule has 1 heterocycles. The van der Waals surface area contributed by atoms with Gasteiger partial charge in [0.1, 0.15) is 24.5 Å². The maximum Gasteiger partial charge on any atom is 0.416 e. The van der Waals surface area contributed by atoms with Gasteiger partial charge in [0.05, 0.1) is 12.7 Å². The number of nitriles is 1. The van der Waals surface area contributed by atoms with Gasteiger partial charge in [0, 0.05) is 18.3 Å². The molecule has 34 heavy (non-hydrogen) atoms. The quantitative estimate of drug-likeness (QED) is 0.491. The first-order chi connectivity index (χ1) is 15.4. The fourth-order valence-electron chi connectivity index (χ4n) is 2.60. The van der Waals surface area contributed by atoms with Crippen molar-refractivity contribution in [3.63, 3.8) is 0 Å². The standard InChI is InChI=1S/C20H24F3N7O3.CH4/c1-11(26-16-15(10-24)18(32-4)29-19(25)28-16)17(31)27-13-7-12(20(21,22)23)8-14(9-13)33-6-5-30(2)3;/h7-9,11H,5-6H2,1-4H3,(H,27,31)(H3,25,26,28,29);1H4/t11-;/m0./s1. The molecule has 0 radical (unpaired) electrons. The second-order valence-corrected chi connectivity index (χ2v) is 7.18. The van der Waals surface area contributed by atoms with Crippen LogP contribution in [0.3, 0.4) is 0 Å². The Hall–Kier alpha value is -3.79. The third kappa shape index (κ3) is 7.66. The van der Waals surface area contributed by atoms with Crippen LogP contribution in [0.5, 0.6) is 11.6 Å². The molecule has 1 atom stereocenters. The van der Waals surface area contributed by atoms with Crippen LogP contribution in [-0.4, -0.2) is 61.2 Å². The molecule has 0 bridgehead atoms. The number of anilines is 3. The molecule has 186 valence electrons. The molecular weight excluding hydrogens is 455 g/mol. The number of carbonyl (C=O) groups is 1. The number of nitrogens with two attached hydrogens (primary N) is 1.